The van der Waals surface area contributed by atoms with Crippen LogP contribution >= 0.6 is 0 Å². The van der Waals surface area contributed by atoms with Crippen LogP contribution in [0.4, 0.5) is 4.79 Å². The number of rotatable bonds is 8. The van der Waals surface area contributed by atoms with Gasteiger partial charge in [-0.1, -0.05) is 43.5 Å². The third-order valence-electron chi connectivity index (χ3n) is 4.76. The van der Waals surface area contributed by atoms with E-state index in [-0.39, 0.29) is 18.7 Å². The summed E-state index contributed by atoms with van der Waals surface area (Å²) < 4.78 is 5.09. The van der Waals surface area contributed by atoms with Crippen molar-refractivity contribution < 1.29 is 14.6 Å². The Morgan fingerprint density at radius 2 is 1.88 bits per heavy atom. The summed E-state index contributed by atoms with van der Waals surface area (Å²) in [4.78, 5) is 12.2. The highest BCUT2D eigenvalue weighted by Crippen LogP contribution is 2.27. The molecule has 0 aromatic heterocycles. The molecule has 2 rings (SSSR count). The number of ether oxygens (including phenoxy) is 1. The Hall–Kier alpha value is -1.59. The van der Waals surface area contributed by atoms with E-state index < -0.39 is 0 Å². The van der Waals surface area contributed by atoms with Crippen molar-refractivity contribution in [1.29, 1.82) is 0 Å². The minimum atomic E-state index is -0.153. The molecule has 1 aromatic rings. The molecule has 5 heteroatoms. The highest BCUT2D eigenvalue weighted by molar-refractivity contribution is 5.74. The molecule has 5 nitrogen and oxygen atoms in total. The quantitative estimate of drug-likeness (QED) is 0.684. The van der Waals surface area contributed by atoms with Gasteiger partial charge in [0.1, 0.15) is 0 Å². The number of carbonyl (C=O) groups excluding carboxylic acids is 1. The van der Waals surface area contributed by atoms with Gasteiger partial charge in [0.25, 0.3) is 0 Å². The molecule has 1 aliphatic carbocycles. The van der Waals surface area contributed by atoms with Crippen LogP contribution in [0.3, 0.4) is 0 Å². The number of methoxy groups -OCH3 is 1. The number of benzene rings is 1. The average Bonchev–Trinajstić information content (AvgIpc) is 2.62. The largest absolute Gasteiger partial charge is 0.396 e. The maximum Gasteiger partial charge on any atom is 0.315 e. The van der Waals surface area contributed by atoms with Gasteiger partial charge in [-0.15, -0.1) is 0 Å². The molecule has 1 aromatic carbocycles. The van der Waals surface area contributed by atoms with Gasteiger partial charge in [-0.3, -0.25) is 0 Å². The molecule has 0 radical (unpaired) electrons. The van der Waals surface area contributed by atoms with Gasteiger partial charge in [0, 0.05) is 26.3 Å². The van der Waals surface area contributed by atoms with Crippen LogP contribution in [0.5, 0.6) is 0 Å². The van der Waals surface area contributed by atoms with Crippen LogP contribution in [-0.4, -0.2) is 30.9 Å². The highest BCUT2D eigenvalue weighted by Gasteiger charge is 2.24. The first-order valence-electron chi connectivity index (χ1n) is 8.95. The Balaban J connectivity index is 1.79. The van der Waals surface area contributed by atoms with E-state index in [1.807, 2.05) is 24.3 Å². The molecular formula is C19H30N2O3. The van der Waals surface area contributed by atoms with Crippen molar-refractivity contribution in [3.05, 3.63) is 35.4 Å². The van der Waals surface area contributed by atoms with E-state index in [4.69, 9.17) is 4.74 Å². The highest BCUT2D eigenvalue weighted by atomic mass is 16.5. The number of nitrogens with one attached hydrogen (secondary N) is 2. The molecule has 1 aliphatic rings. The van der Waals surface area contributed by atoms with Crippen molar-refractivity contribution >= 4 is 6.03 Å². The zero-order valence-corrected chi connectivity index (χ0v) is 14.6. The second kappa shape index (κ2) is 10.3. The third kappa shape index (κ3) is 6.13. The van der Waals surface area contributed by atoms with Gasteiger partial charge in [0.15, 0.2) is 0 Å². The predicted molar refractivity (Wildman–Crippen MR) is 94.6 cm³/mol. The van der Waals surface area contributed by atoms with Crippen LogP contribution in [-0.2, 0) is 17.9 Å². The first-order valence-corrected chi connectivity index (χ1v) is 8.95. The fraction of sp³-hybridized carbons (Fsp3) is 0.632. The molecule has 1 atom stereocenters. The SMILES string of the molecule is COCc1ccc(CNC(=O)NC(CCO)C2CCCCC2)cc1. The fourth-order valence-electron chi connectivity index (χ4n) is 3.42. The molecule has 3 N–H and O–H groups in total. The maximum atomic E-state index is 12.2. The summed E-state index contributed by atoms with van der Waals surface area (Å²) in [5.41, 5.74) is 2.17. The minimum Gasteiger partial charge on any atom is -0.396 e. The molecule has 0 aliphatic heterocycles. The summed E-state index contributed by atoms with van der Waals surface area (Å²) in [7, 11) is 1.68. The topological polar surface area (TPSA) is 70.6 Å². The van der Waals surface area contributed by atoms with Gasteiger partial charge in [0.2, 0.25) is 0 Å². The predicted octanol–water partition coefficient (Wildman–Crippen LogP) is 2.96. The number of hydrogen-bond acceptors (Lipinski definition) is 3. The fourth-order valence-corrected chi connectivity index (χ4v) is 3.42. The molecule has 24 heavy (non-hydrogen) atoms. The summed E-state index contributed by atoms with van der Waals surface area (Å²) in [6.45, 7) is 1.20. The van der Waals surface area contributed by atoms with E-state index in [2.05, 4.69) is 10.6 Å². The third-order valence-corrected chi connectivity index (χ3v) is 4.76. The lowest BCUT2D eigenvalue weighted by Gasteiger charge is -2.30. The molecule has 134 valence electrons. The molecular weight excluding hydrogens is 304 g/mol. The van der Waals surface area contributed by atoms with Crippen LogP contribution in [0.25, 0.3) is 0 Å². The Morgan fingerprint density at radius 3 is 2.50 bits per heavy atom. The second-order valence-corrected chi connectivity index (χ2v) is 6.59. The molecule has 0 bridgehead atoms. The zero-order valence-electron chi connectivity index (χ0n) is 14.6. The van der Waals surface area contributed by atoms with Crippen LogP contribution < -0.4 is 10.6 Å². The van der Waals surface area contributed by atoms with Crippen molar-refractivity contribution in [2.75, 3.05) is 13.7 Å². The maximum absolute atomic E-state index is 12.2. The van der Waals surface area contributed by atoms with Crippen molar-refractivity contribution in [2.24, 2.45) is 5.92 Å². The van der Waals surface area contributed by atoms with Crippen molar-refractivity contribution in [1.82, 2.24) is 10.6 Å². The Labute approximate surface area is 144 Å². The smallest absolute Gasteiger partial charge is 0.315 e. The molecule has 0 spiro atoms. The van der Waals surface area contributed by atoms with E-state index in [0.29, 0.717) is 25.5 Å². The van der Waals surface area contributed by atoms with Gasteiger partial charge in [-0.2, -0.15) is 0 Å². The minimum absolute atomic E-state index is 0.0689. The lowest BCUT2D eigenvalue weighted by Crippen LogP contribution is -2.46. The molecule has 0 saturated heterocycles. The van der Waals surface area contributed by atoms with Crippen LogP contribution in [0.2, 0.25) is 0 Å². The Morgan fingerprint density at radius 1 is 1.21 bits per heavy atom. The van der Waals surface area contributed by atoms with Gasteiger partial charge in [-0.25, -0.2) is 4.79 Å². The summed E-state index contributed by atoms with van der Waals surface area (Å²) in [5.74, 6) is 0.491. The van der Waals surface area contributed by atoms with Gasteiger partial charge < -0.3 is 20.5 Å². The number of urea groups is 1. The first kappa shape index (κ1) is 18.7. The van der Waals surface area contributed by atoms with E-state index in [0.717, 1.165) is 24.0 Å². The van der Waals surface area contributed by atoms with Gasteiger partial charge >= 0.3 is 6.03 Å². The van der Waals surface area contributed by atoms with Crippen LogP contribution in [0, 0.1) is 5.92 Å². The Kier molecular flexibility index (Phi) is 8.05. The monoisotopic (exact) mass is 334 g/mol. The number of amides is 2. The molecule has 1 saturated carbocycles. The number of carbonyl (C=O) groups is 1. The van der Waals surface area contributed by atoms with Gasteiger partial charge in [-0.05, 0) is 36.3 Å². The lowest BCUT2D eigenvalue weighted by atomic mass is 9.83. The van der Waals surface area contributed by atoms with E-state index in [9.17, 15) is 9.90 Å². The molecule has 1 fully saturated rings. The molecule has 2 amide bonds. The van der Waals surface area contributed by atoms with E-state index in [1.54, 1.807) is 7.11 Å². The van der Waals surface area contributed by atoms with Crippen molar-refractivity contribution in [3.8, 4) is 0 Å². The zero-order chi connectivity index (χ0) is 17.2. The van der Waals surface area contributed by atoms with Crippen molar-refractivity contribution in [3.63, 3.8) is 0 Å². The van der Waals surface area contributed by atoms with E-state index in [1.165, 1.54) is 19.3 Å². The number of hydrogen-bond donors (Lipinski definition) is 3. The molecule has 0 heterocycles. The Bertz CT molecular complexity index is 484. The van der Waals surface area contributed by atoms with Gasteiger partial charge in [0.05, 0.1) is 6.61 Å². The summed E-state index contributed by atoms with van der Waals surface area (Å²) in [5, 5.41) is 15.3. The van der Waals surface area contributed by atoms with E-state index >= 15 is 0 Å². The standard InChI is InChI=1S/C19H30N2O3/c1-24-14-16-9-7-15(8-10-16)13-20-19(23)21-18(11-12-22)17-5-3-2-4-6-17/h7-10,17-18,22H,2-6,11-14H2,1H3,(H2,20,21,23). The molecule has 1 unspecified atom stereocenters. The number of aliphatic hydroxyl groups is 1. The first-order chi connectivity index (χ1) is 11.7. The van der Waals surface area contributed by atoms with Crippen LogP contribution in [0.15, 0.2) is 24.3 Å². The number of aliphatic hydroxyl groups excluding tert-OH is 1. The summed E-state index contributed by atoms with van der Waals surface area (Å²) in [6, 6.07) is 7.94. The lowest BCUT2D eigenvalue weighted by molar-refractivity contribution is 0.185. The normalized spacial score (nSPS) is 16.6. The average molecular weight is 334 g/mol. The summed E-state index contributed by atoms with van der Waals surface area (Å²) in [6.07, 6.45) is 6.66. The van der Waals surface area contributed by atoms with Crippen LogP contribution in [0.1, 0.15) is 49.7 Å². The van der Waals surface area contributed by atoms with Crippen molar-refractivity contribution in [2.45, 2.75) is 57.7 Å². The summed E-state index contributed by atoms with van der Waals surface area (Å²) >= 11 is 0. The second-order valence-electron chi connectivity index (χ2n) is 6.59.